The van der Waals surface area contributed by atoms with Crippen molar-refractivity contribution in [2.45, 2.75) is 0 Å². The van der Waals surface area contributed by atoms with E-state index in [2.05, 4.69) is 5.32 Å². The van der Waals surface area contributed by atoms with E-state index in [-0.39, 0.29) is 11.4 Å². The second-order valence-electron chi connectivity index (χ2n) is 2.25. The van der Waals surface area contributed by atoms with Crippen LogP contribution in [0.4, 0.5) is 17.1 Å². The van der Waals surface area contributed by atoms with E-state index in [0.29, 0.717) is 5.69 Å². The van der Waals surface area contributed by atoms with Gasteiger partial charge in [0.15, 0.2) is 0 Å². The zero-order valence-electron chi connectivity index (χ0n) is 6.57. The Kier molecular flexibility index (Phi) is 2.14. The number of nitrogen functional groups attached to an aromatic ring is 1. The molecule has 12 heavy (non-hydrogen) atoms. The second kappa shape index (κ2) is 3.08. The Morgan fingerprint density at radius 1 is 1.58 bits per heavy atom. The molecule has 1 aromatic carbocycles. The number of nitrogens with two attached hydrogens (primary N) is 1. The predicted octanol–water partition coefficient (Wildman–Crippen LogP) is 1.22. The molecule has 0 saturated heterocycles. The van der Waals surface area contributed by atoms with Crippen molar-refractivity contribution in [3.8, 4) is 0 Å². The van der Waals surface area contributed by atoms with E-state index in [1.165, 1.54) is 6.07 Å². The second-order valence-corrected chi connectivity index (χ2v) is 2.25. The number of anilines is 2. The lowest BCUT2D eigenvalue weighted by Gasteiger charge is -2.02. The molecule has 1 rings (SSSR count). The Hall–Kier alpha value is -1.78. The Bertz CT molecular complexity index is 312. The van der Waals surface area contributed by atoms with Crippen LogP contribution in [0.15, 0.2) is 18.2 Å². The fourth-order valence-corrected chi connectivity index (χ4v) is 0.967. The van der Waals surface area contributed by atoms with Gasteiger partial charge in [-0.1, -0.05) is 6.07 Å². The first kappa shape index (κ1) is 8.32. The van der Waals surface area contributed by atoms with Gasteiger partial charge in [-0.05, 0) is 12.1 Å². The van der Waals surface area contributed by atoms with Crippen molar-refractivity contribution in [2.24, 2.45) is 0 Å². The Balaban J connectivity index is 3.29. The molecule has 0 aliphatic rings. The third-order valence-electron chi connectivity index (χ3n) is 1.52. The summed E-state index contributed by atoms with van der Waals surface area (Å²) >= 11 is 0. The van der Waals surface area contributed by atoms with Gasteiger partial charge >= 0.3 is 5.69 Å². The number of nitrogens with one attached hydrogen (secondary N) is 1. The first-order chi connectivity index (χ1) is 5.66. The molecule has 1 aromatic rings. The lowest BCUT2D eigenvalue weighted by atomic mass is 10.2. The van der Waals surface area contributed by atoms with E-state index in [0.717, 1.165) is 0 Å². The van der Waals surface area contributed by atoms with Gasteiger partial charge in [0.1, 0.15) is 11.4 Å². The van der Waals surface area contributed by atoms with Crippen LogP contribution in [0.2, 0.25) is 0 Å². The third kappa shape index (κ3) is 1.29. The smallest absolute Gasteiger partial charge is 0.314 e. The number of para-hydroxylation sites is 1. The quantitative estimate of drug-likeness (QED) is 0.394. The van der Waals surface area contributed by atoms with Gasteiger partial charge in [-0.3, -0.25) is 10.1 Å². The van der Waals surface area contributed by atoms with Crippen molar-refractivity contribution in [3.05, 3.63) is 28.3 Å². The van der Waals surface area contributed by atoms with Crippen molar-refractivity contribution < 1.29 is 4.92 Å². The first-order valence-corrected chi connectivity index (χ1v) is 3.37. The predicted molar refractivity (Wildman–Crippen MR) is 47.1 cm³/mol. The number of nitro benzene ring substituents is 1. The van der Waals surface area contributed by atoms with Crippen molar-refractivity contribution in [2.75, 3.05) is 18.1 Å². The molecule has 0 aliphatic heterocycles. The molecule has 0 amide bonds. The highest BCUT2D eigenvalue weighted by atomic mass is 16.6. The zero-order chi connectivity index (χ0) is 9.14. The van der Waals surface area contributed by atoms with Crippen molar-refractivity contribution in [1.29, 1.82) is 0 Å². The molecule has 64 valence electrons. The Morgan fingerprint density at radius 3 is 2.67 bits per heavy atom. The maximum atomic E-state index is 10.5. The minimum Gasteiger partial charge on any atom is -0.393 e. The molecule has 0 fully saturated rings. The van der Waals surface area contributed by atoms with E-state index < -0.39 is 4.92 Å². The highest BCUT2D eigenvalue weighted by Crippen LogP contribution is 2.29. The zero-order valence-corrected chi connectivity index (χ0v) is 6.57. The maximum absolute atomic E-state index is 10.5. The van der Waals surface area contributed by atoms with Gasteiger partial charge in [0.25, 0.3) is 0 Å². The van der Waals surface area contributed by atoms with Gasteiger partial charge in [-0.25, -0.2) is 0 Å². The summed E-state index contributed by atoms with van der Waals surface area (Å²) in [6, 6.07) is 4.77. The summed E-state index contributed by atoms with van der Waals surface area (Å²) in [6.45, 7) is 0. The van der Waals surface area contributed by atoms with Crippen LogP contribution in [0, 0.1) is 10.1 Å². The van der Waals surface area contributed by atoms with Crippen LogP contribution in [0.5, 0.6) is 0 Å². The van der Waals surface area contributed by atoms with Crippen LogP contribution in [-0.4, -0.2) is 12.0 Å². The van der Waals surface area contributed by atoms with Gasteiger partial charge in [-0.2, -0.15) is 0 Å². The molecular weight excluding hydrogens is 158 g/mol. The molecule has 5 nitrogen and oxygen atoms in total. The normalized spacial score (nSPS) is 9.42. The van der Waals surface area contributed by atoms with E-state index in [9.17, 15) is 10.1 Å². The minimum atomic E-state index is -0.499. The van der Waals surface area contributed by atoms with E-state index >= 15 is 0 Å². The summed E-state index contributed by atoms with van der Waals surface area (Å²) in [5, 5.41) is 13.2. The van der Waals surface area contributed by atoms with Crippen molar-refractivity contribution in [3.63, 3.8) is 0 Å². The molecule has 5 heteroatoms. The van der Waals surface area contributed by atoms with E-state index in [4.69, 9.17) is 5.73 Å². The largest absolute Gasteiger partial charge is 0.393 e. The lowest BCUT2D eigenvalue weighted by Crippen LogP contribution is -2.00. The molecule has 0 spiro atoms. The molecule has 0 unspecified atom stereocenters. The van der Waals surface area contributed by atoms with Crippen LogP contribution < -0.4 is 11.1 Å². The van der Waals surface area contributed by atoms with Gasteiger partial charge in [0.2, 0.25) is 0 Å². The van der Waals surface area contributed by atoms with Gasteiger partial charge in [-0.15, -0.1) is 0 Å². The van der Waals surface area contributed by atoms with Gasteiger partial charge in [0, 0.05) is 7.05 Å². The monoisotopic (exact) mass is 167 g/mol. The first-order valence-electron chi connectivity index (χ1n) is 3.37. The van der Waals surface area contributed by atoms with Crippen LogP contribution >= 0.6 is 0 Å². The Labute approximate surface area is 69.3 Å². The fraction of sp³-hybridized carbons (Fsp3) is 0.143. The standard InChI is InChI=1S/C7H9N3O2/c1-9-6-4-2-3-5(8)7(6)10(11)12/h2-4,9H,8H2,1H3. The molecule has 0 aliphatic carbocycles. The molecule has 0 radical (unpaired) electrons. The highest BCUT2D eigenvalue weighted by molar-refractivity contribution is 5.74. The third-order valence-corrected chi connectivity index (χ3v) is 1.52. The molecule has 0 saturated carbocycles. The number of hydrogen-bond donors (Lipinski definition) is 2. The molecule has 0 bridgehead atoms. The fourth-order valence-electron chi connectivity index (χ4n) is 0.967. The number of rotatable bonds is 2. The Morgan fingerprint density at radius 2 is 2.25 bits per heavy atom. The van der Waals surface area contributed by atoms with Crippen LogP contribution in [0.25, 0.3) is 0 Å². The molecule has 0 heterocycles. The highest BCUT2D eigenvalue weighted by Gasteiger charge is 2.15. The lowest BCUT2D eigenvalue weighted by molar-refractivity contribution is -0.383. The van der Waals surface area contributed by atoms with Crippen molar-refractivity contribution in [1.82, 2.24) is 0 Å². The topological polar surface area (TPSA) is 81.2 Å². The molecule has 3 N–H and O–H groups in total. The summed E-state index contributed by atoms with van der Waals surface area (Å²) in [7, 11) is 1.61. The van der Waals surface area contributed by atoms with E-state index in [1.807, 2.05) is 0 Å². The average Bonchev–Trinajstić information content (AvgIpc) is 2.03. The number of benzene rings is 1. The molecule has 0 aromatic heterocycles. The number of nitrogens with zero attached hydrogens (tertiary/aromatic N) is 1. The van der Waals surface area contributed by atoms with Crippen LogP contribution in [0.1, 0.15) is 0 Å². The average molecular weight is 167 g/mol. The van der Waals surface area contributed by atoms with Crippen LogP contribution in [-0.2, 0) is 0 Å². The minimum absolute atomic E-state index is 0.0694. The number of nitro groups is 1. The maximum Gasteiger partial charge on any atom is 0.314 e. The van der Waals surface area contributed by atoms with Gasteiger partial charge in [0.05, 0.1) is 4.92 Å². The summed E-state index contributed by atoms with van der Waals surface area (Å²) in [5.41, 5.74) is 5.95. The molecular formula is C7H9N3O2. The SMILES string of the molecule is CNc1cccc(N)c1[N+](=O)[O-]. The van der Waals surface area contributed by atoms with Crippen molar-refractivity contribution >= 4 is 17.1 Å². The summed E-state index contributed by atoms with van der Waals surface area (Å²) in [4.78, 5) is 9.99. The van der Waals surface area contributed by atoms with E-state index in [1.54, 1.807) is 19.2 Å². The summed E-state index contributed by atoms with van der Waals surface area (Å²) in [5.74, 6) is 0. The molecule has 0 atom stereocenters. The van der Waals surface area contributed by atoms with Crippen LogP contribution in [0.3, 0.4) is 0 Å². The summed E-state index contributed by atoms with van der Waals surface area (Å²) < 4.78 is 0. The number of hydrogen-bond acceptors (Lipinski definition) is 4. The van der Waals surface area contributed by atoms with Gasteiger partial charge < -0.3 is 11.1 Å². The summed E-state index contributed by atoms with van der Waals surface area (Å²) in [6.07, 6.45) is 0.